The highest BCUT2D eigenvalue weighted by Crippen LogP contribution is 2.22. The van der Waals surface area contributed by atoms with Gasteiger partial charge >= 0.3 is 5.97 Å². The van der Waals surface area contributed by atoms with Gasteiger partial charge in [0.05, 0.1) is 12.4 Å². The molecule has 0 atom stereocenters. The predicted octanol–water partition coefficient (Wildman–Crippen LogP) is 1.44. The van der Waals surface area contributed by atoms with Crippen LogP contribution in [0.4, 0.5) is 13.2 Å². The summed E-state index contributed by atoms with van der Waals surface area (Å²) in [5.74, 6) is -2.46. The average Bonchev–Trinajstić information content (AvgIpc) is 2.75. The maximum atomic E-state index is 12.6. The average molecular weight is 258 g/mol. The minimum absolute atomic E-state index is 0.203. The lowest BCUT2D eigenvalue weighted by molar-refractivity contribution is 0.0684. The van der Waals surface area contributed by atoms with Crippen LogP contribution >= 0.6 is 0 Å². The van der Waals surface area contributed by atoms with Gasteiger partial charge in [-0.3, -0.25) is 0 Å². The van der Waals surface area contributed by atoms with Crippen molar-refractivity contribution >= 4 is 5.97 Å². The number of aromatic nitrogens is 4. The van der Waals surface area contributed by atoms with E-state index < -0.39 is 29.5 Å². The maximum Gasteiger partial charge on any atom is 0.339 e. The van der Waals surface area contributed by atoms with Gasteiger partial charge in [-0.1, -0.05) is 0 Å². The van der Waals surface area contributed by atoms with Crippen LogP contribution < -0.4 is 0 Å². The minimum Gasteiger partial charge on any atom is -0.478 e. The number of aromatic carboxylic acids is 1. The van der Waals surface area contributed by atoms with Gasteiger partial charge in [0.15, 0.2) is 5.82 Å². The fraction of sp³-hybridized carbons (Fsp3) is 0.111. The maximum absolute atomic E-state index is 12.6. The number of halogens is 3. The summed E-state index contributed by atoms with van der Waals surface area (Å²) in [6, 6.07) is 0. The molecule has 0 aliphatic rings. The monoisotopic (exact) mass is 258 g/mol. The Morgan fingerprint density at radius 3 is 2.39 bits per heavy atom. The van der Waals surface area contributed by atoms with Gasteiger partial charge < -0.3 is 5.11 Å². The topological polar surface area (TPSA) is 80.9 Å². The molecule has 2 aromatic heterocycles. The Bertz CT molecular complexity index is 582. The second-order valence-electron chi connectivity index (χ2n) is 3.18. The molecule has 9 heteroatoms. The molecule has 0 unspecified atom stereocenters. The van der Waals surface area contributed by atoms with E-state index in [1.165, 1.54) is 0 Å². The van der Waals surface area contributed by atoms with Crippen molar-refractivity contribution in [3.8, 4) is 5.95 Å². The van der Waals surface area contributed by atoms with Crippen LogP contribution in [0.3, 0.4) is 0 Å². The summed E-state index contributed by atoms with van der Waals surface area (Å²) in [6.07, 6.45) is -0.575. The van der Waals surface area contributed by atoms with Crippen molar-refractivity contribution in [2.45, 2.75) is 6.43 Å². The first-order valence-electron chi connectivity index (χ1n) is 4.58. The van der Waals surface area contributed by atoms with Gasteiger partial charge in [-0.05, 0) is 0 Å². The SMILES string of the molecule is O=C(O)c1cn(-c2ncc(F)cn2)nc1C(F)F. The van der Waals surface area contributed by atoms with Crippen molar-refractivity contribution in [3.05, 3.63) is 35.7 Å². The van der Waals surface area contributed by atoms with Crippen LogP contribution in [0.25, 0.3) is 5.95 Å². The van der Waals surface area contributed by atoms with Gasteiger partial charge in [0.2, 0.25) is 0 Å². The van der Waals surface area contributed by atoms with Crippen molar-refractivity contribution in [2.75, 3.05) is 0 Å². The van der Waals surface area contributed by atoms with Gasteiger partial charge in [0, 0.05) is 6.20 Å². The summed E-state index contributed by atoms with van der Waals surface area (Å²) in [5, 5.41) is 12.1. The third-order valence-electron chi connectivity index (χ3n) is 1.99. The van der Waals surface area contributed by atoms with Gasteiger partial charge in [0.25, 0.3) is 12.4 Å². The Morgan fingerprint density at radius 1 is 1.33 bits per heavy atom. The largest absolute Gasteiger partial charge is 0.478 e. The number of nitrogens with zero attached hydrogens (tertiary/aromatic N) is 4. The Labute approximate surface area is 97.7 Å². The van der Waals surface area contributed by atoms with Crippen LogP contribution in [0.15, 0.2) is 18.6 Å². The molecule has 18 heavy (non-hydrogen) atoms. The summed E-state index contributed by atoms with van der Waals surface area (Å²) < 4.78 is 38.4. The number of carboxylic acids is 1. The summed E-state index contributed by atoms with van der Waals surface area (Å²) in [5.41, 5.74) is -1.55. The highest BCUT2D eigenvalue weighted by molar-refractivity contribution is 5.88. The summed E-state index contributed by atoms with van der Waals surface area (Å²) in [6.45, 7) is 0. The molecule has 94 valence electrons. The van der Waals surface area contributed by atoms with Crippen LogP contribution in [0.5, 0.6) is 0 Å². The second-order valence-corrected chi connectivity index (χ2v) is 3.18. The molecule has 0 radical (unpaired) electrons. The molecule has 0 bridgehead atoms. The number of hydrogen-bond acceptors (Lipinski definition) is 4. The highest BCUT2D eigenvalue weighted by Gasteiger charge is 2.23. The number of rotatable bonds is 3. The minimum atomic E-state index is -3.04. The molecule has 2 aromatic rings. The van der Waals surface area contributed by atoms with Crippen molar-refractivity contribution in [2.24, 2.45) is 0 Å². The van der Waals surface area contributed by atoms with E-state index in [1.54, 1.807) is 0 Å². The number of alkyl halides is 2. The normalized spacial score (nSPS) is 10.9. The van der Waals surface area contributed by atoms with E-state index >= 15 is 0 Å². The fourth-order valence-electron chi connectivity index (χ4n) is 1.24. The van der Waals surface area contributed by atoms with E-state index in [4.69, 9.17) is 5.11 Å². The molecule has 6 nitrogen and oxygen atoms in total. The summed E-state index contributed by atoms with van der Waals surface area (Å²) >= 11 is 0. The van der Waals surface area contributed by atoms with Crippen LogP contribution in [0.1, 0.15) is 22.5 Å². The quantitative estimate of drug-likeness (QED) is 0.900. The van der Waals surface area contributed by atoms with Crippen molar-refractivity contribution in [1.82, 2.24) is 19.7 Å². The molecule has 0 aromatic carbocycles. The van der Waals surface area contributed by atoms with Crippen molar-refractivity contribution in [3.63, 3.8) is 0 Å². The summed E-state index contributed by atoms with van der Waals surface area (Å²) in [7, 11) is 0. The van der Waals surface area contributed by atoms with E-state index in [9.17, 15) is 18.0 Å². The zero-order valence-electron chi connectivity index (χ0n) is 8.59. The molecule has 2 rings (SSSR count). The Balaban J connectivity index is 2.49. The lowest BCUT2D eigenvalue weighted by atomic mass is 10.2. The fourth-order valence-corrected chi connectivity index (χ4v) is 1.24. The molecular weight excluding hydrogens is 253 g/mol. The van der Waals surface area contributed by atoms with Gasteiger partial charge in [-0.25, -0.2) is 32.6 Å². The molecule has 0 fully saturated rings. The van der Waals surface area contributed by atoms with E-state index in [0.29, 0.717) is 0 Å². The van der Waals surface area contributed by atoms with Crippen molar-refractivity contribution in [1.29, 1.82) is 0 Å². The molecule has 0 spiro atoms. The van der Waals surface area contributed by atoms with E-state index in [-0.39, 0.29) is 5.95 Å². The molecule has 0 aliphatic carbocycles. The van der Waals surface area contributed by atoms with Crippen LogP contribution in [-0.2, 0) is 0 Å². The number of hydrogen-bond donors (Lipinski definition) is 1. The first-order valence-corrected chi connectivity index (χ1v) is 4.58. The predicted molar refractivity (Wildman–Crippen MR) is 51.0 cm³/mol. The Morgan fingerprint density at radius 2 is 1.94 bits per heavy atom. The van der Waals surface area contributed by atoms with E-state index in [1.807, 2.05) is 0 Å². The zero-order valence-corrected chi connectivity index (χ0v) is 8.59. The number of carboxylic acid groups (broad SMARTS) is 1. The van der Waals surface area contributed by atoms with Crippen molar-refractivity contribution < 1.29 is 23.1 Å². The third kappa shape index (κ3) is 2.14. The van der Waals surface area contributed by atoms with Gasteiger partial charge in [0.1, 0.15) is 11.3 Å². The summed E-state index contributed by atoms with van der Waals surface area (Å²) in [4.78, 5) is 17.7. The van der Waals surface area contributed by atoms with E-state index in [0.717, 1.165) is 23.3 Å². The third-order valence-corrected chi connectivity index (χ3v) is 1.99. The lowest BCUT2D eigenvalue weighted by Crippen LogP contribution is -2.02. The second kappa shape index (κ2) is 4.43. The van der Waals surface area contributed by atoms with Crippen LogP contribution in [0.2, 0.25) is 0 Å². The molecule has 1 N–H and O–H groups in total. The lowest BCUT2D eigenvalue weighted by Gasteiger charge is -1.97. The molecule has 0 saturated carbocycles. The molecule has 0 saturated heterocycles. The molecule has 2 heterocycles. The van der Waals surface area contributed by atoms with Crippen LogP contribution in [-0.4, -0.2) is 30.8 Å². The smallest absolute Gasteiger partial charge is 0.339 e. The van der Waals surface area contributed by atoms with Gasteiger partial charge in [-0.2, -0.15) is 5.10 Å². The zero-order chi connectivity index (χ0) is 13.3. The molecule has 0 amide bonds. The molecular formula is C9H5F3N4O2. The number of carbonyl (C=O) groups is 1. The Hall–Kier alpha value is -2.45. The van der Waals surface area contributed by atoms with Gasteiger partial charge in [-0.15, -0.1) is 0 Å². The standard InChI is InChI=1S/C9H5F3N4O2/c10-4-1-13-9(14-2-4)16-3-5(8(17)18)6(15-16)7(11)12/h1-3,7H,(H,17,18). The Kier molecular flexibility index (Phi) is 2.96. The van der Waals surface area contributed by atoms with E-state index in [2.05, 4.69) is 15.1 Å². The first-order chi connectivity index (χ1) is 8.49. The van der Waals surface area contributed by atoms with Crippen LogP contribution in [0, 0.1) is 5.82 Å². The molecule has 0 aliphatic heterocycles. The highest BCUT2D eigenvalue weighted by atomic mass is 19.3. The first kappa shape index (κ1) is 12.0.